The van der Waals surface area contributed by atoms with Gasteiger partial charge in [0.1, 0.15) is 0 Å². The lowest BCUT2D eigenvalue weighted by molar-refractivity contribution is -0.137. The van der Waals surface area contributed by atoms with Gasteiger partial charge in [0, 0.05) is 12.0 Å². The Morgan fingerprint density at radius 1 is 1.33 bits per heavy atom. The van der Waals surface area contributed by atoms with Crippen LogP contribution in [-0.4, -0.2) is 28.1 Å². The van der Waals surface area contributed by atoms with Gasteiger partial charge in [0.25, 0.3) is 0 Å². The number of carboxylic acids is 1. The molecule has 1 aromatic rings. The third kappa shape index (κ3) is 3.32. The smallest absolute Gasteiger partial charge is 0.303 e. The number of unbranched alkanes of at least 4 members (excludes halogenated alkanes) is 1. The molecule has 4 heteroatoms. The summed E-state index contributed by atoms with van der Waals surface area (Å²) in [4.78, 5) is 23.1. The van der Waals surface area contributed by atoms with Crippen LogP contribution < -0.4 is 0 Å². The quantitative estimate of drug-likeness (QED) is 0.790. The van der Waals surface area contributed by atoms with Crippen molar-refractivity contribution in [1.29, 1.82) is 0 Å². The van der Waals surface area contributed by atoms with Crippen LogP contribution in [0.25, 0.3) is 0 Å². The summed E-state index contributed by atoms with van der Waals surface area (Å²) in [6.07, 6.45) is 2.46. The monoisotopic (exact) mass is 290 g/mol. The molecule has 0 saturated carbocycles. The van der Waals surface area contributed by atoms with E-state index in [1.807, 2.05) is 31.2 Å². The number of aliphatic hydroxyl groups is 1. The van der Waals surface area contributed by atoms with Crippen molar-refractivity contribution >= 4 is 11.8 Å². The summed E-state index contributed by atoms with van der Waals surface area (Å²) in [5.41, 5.74) is 1.02. The fourth-order valence-corrected chi connectivity index (χ4v) is 3.03. The molecule has 0 saturated heterocycles. The minimum Gasteiger partial charge on any atom is -0.481 e. The van der Waals surface area contributed by atoms with Gasteiger partial charge in [-0.15, -0.1) is 0 Å². The van der Waals surface area contributed by atoms with E-state index in [0.29, 0.717) is 25.7 Å². The fraction of sp³-hybridized carbons (Fsp3) is 0.529. The van der Waals surface area contributed by atoms with E-state index in [0.717, 1.165) is 17.5 Å². The molecule has 0 amide bonds. The van der Waals surface area contributed by atoms with E-state index in [9.17, 15) is 14.7 Å². The summed E-state index contributed by atoms with van der Waals surface area (Å²) in [7, 11) is 0. The molecule has 0 bridgehead atoms. The number of aliphatic hydroxyl groups excluding tert-OH is 1. The Labute approximate surface area is 124 Å². The molecule has 1 aliphatic rings. The van der Waals surface area contributed by atoms with Gasteiger partial charge in [-0.05, 0) is 38.2 Å². The summed E-state index contributed by atoms with van der Waals surface area (Å²) < 4.78 is 0. The first-order valence-corrected chi connectivity index (χ1v) is 7.47. The number of hydrogen-bond acceptors (Lipinski definition) is 3. The molecule has 1 aliphatic carbocycles. The summed E-state index contributed by atoms with van der Waals surface area (Å²) >= 11 is 0. The van der Waals surface area contributed by atoms with Gasteiger partial charge in [0.15, 0.2) is 5.78 Å². The van der Waals surface area contributed by atoms with Crippen molar-refractivity contribution in [1.82, 2.24) is 0 Å². The molecule has 0 radical (unpaired) electrons. The molecular formula is C17H22O4. The predicted octanol–water partition coefficient (Wildman–Crippen LogP) is 2.83. The number of carbonyl (C=O) groups excluding carboxylic acids is 1. The number of aliphatic carboxylic acids is 1. The standard InChI is InChI=1S/C17H22O4/c1-17(14(18)8-4-5-9-15(19)20)11-10-12-6-2-3-7-13(12)16(17)21/h2-3,6-7,14,18H,4-5,8-11H2,1H3,(H,19,20). The molecule has 2 atom stereocenters. The number of ketones is 1. The lowest BCUT2D eigenvalue weighted by Gasteiger charge is -2.37. The average molecular weight is 290 g/mol. The zero-order valence-electron chi connectivity index (χ0n) is 12.3. The highest BCUT2D eigenvalue weighted by Gasteiger charge is 2.43. The number of aryl methyl sites for hydroxylation is 1. The third-order valence-electron chi connectivity index (χ3n) is 4.55. The fourth-order valence-electron chi connectivity index (χ4n) is 3.03. The van der Waals surface area contributed by atoms with Gasteiger partial charge in [-0.2, -0.15) is 0 Å². The molecule has 1 aromatic carbocycles. The molecule has 0 heterocycles. The number of benzene rings is 1. The van der Waals surface area contributed by atoms with Gasteiger partial charge >= 0.3 is 5.97 Å². The van der Waals surface area contributed by atoms with Crippen LogP contribution in [-0.2, 0) is 11.2 Å². The largest absolute Gasteiger partial charge is 0.481 e. The van der Waals surface area contributed by atoms with E-state index >= 15 is 0 Å². The third-order valence-corrected chi connectivity index (χ3v) is 4.55. The van der Waals surface area contributed by atoms with Crippen LogP contribution >= 0.6 is 0 Å². The van der Waals surface area contributed by atoms with E-state index in [1.54, 1.807) is 0 Å². The predicted molar refractivity (Wildman–Crippen MR) is 79.3 cm³/mol. The molecule has 0 aromatic heterocycles. The first kappa shape index (κ1) is 15.7. The number of carbonyl (C=O) groups is 2. The lowest BCUT2D eigenvalue weighted by atomic mass is 9.67. The molecule has 0 fully saturated rings. The Morgan fingerprint density at radius 3 is 2.76 bits per heavy atom. The normalized spacial score (nSPS) is 22.7. The Balaban J connectivity index is 2.02. The van der Waals surface area contributed by atoms with E-state index < -0.39 is 17.5 Å². The highest BCUT2D eigenvalue weighted by Crippen LogP contribution is 2.39. The Hall–Kier alpha value is -1.68. The maximum absolute atomic E-state index is 12.7. The summed E-state index contributed by atoms with van der Waals surface area (Å²) in [5.74, 6) is -0.812. The van der Waals surface area contributed by atoms with Gasteiger partial charge in [-0.25, -0.2) is 0 Å². The van der Waals surface area contributed by atoms with Crippen LogP contribution in [0.15, 0.2) is 24.3 Å². The van der Waals surface area contributed by atoms with Crippen molar-refractivity contribution in [3.05, 3.63) is 35.4 Å². The molecule has 0 spiro atoms. The second-order valence-corrected chi connectivity index (χ2v) is 6.06. The number of fused-ring (bicyclic) bond motifs is 1. The maximum atomic E-state index is 12.7. The molecule has 4 nitrogen and oxygen atoms in total. The number of rotatable bonds is 6. The summed E-state index contributed by atoms with van der Waals surface area (Å²) in [5, 5.41) is 19.0. The van der Waals surface area contributed by atoms with E-state index in [-0.39, 0.29) is 12.2 Å². The van der Waals surface area contributed by atoms with Crippen LogP contribution in [0.2, 0.25) is 0 Å². The van der Waals surface area contributed by atoms with E-state index in [4.69, 9.17) is 5.11 Å². The van der Waals surface area contributed by atoms with Crippen LogP contribution in [0.5, 0.6) is 0 Å². The lowest BCUT2D eigenvalue weighted by Crippen LogP contribution is -2.43. The van der Waals surface area contributed by atoms with Crippen molar-refractivity contribution in [3.63, 3.8) is 0 Å². The van der Waals surface area contributed by atoms with Crippen LogP contribution in [0.4, 0.5) is 0 Å². The molecule has 2 N–H and O–H groups in total. The average Bonchev–Trinajstić information content (AvgIpc) is 2.47. The Bertz CT molecular complexity index is 537. The van der Waals surface area contributed by atoms with Crippen molar-refractivity contribution in [3.8, 4) is 0 Å². The van der Waals surface area contributed by atoms with Gasteiger partial charge in [0.2, 0.25) is 0 Å². The maximum Gasteiger partial charge on any atom is 0.303 e. The minimum absolute atomic E-state index is 0.00934. The van der Waals surface area contributed by atoms with Crippen LogP contribution in [0.3, 0.4) is 0 Å². The molecule has 2 rings (SSSR count). The van der Waals surface area contributed by atoms with Crippen molar-refractivity contribution < 1.29 is 19.8 Å². The van der Waals surface area contributed by atoms with Crippen LogP contribution in [0.1, 0.15) is 54.9 Å². The summed E-state index contributed by atoms with van der Waals surface area (Å²) in [6, 6.07) is 7.57. The van der Waals surface area contributed by atoms with Crippen molar-refractivity contribution in [2.75, 3.05) is 0 Å². The second-order valence-electron chi connectivity index (χ2n) is 6.06. The van der Waals surface area contributed by atoms with E-state index in [1.165, 1.54) is 0 Å². The van der Waals surface area contributed by atoms with Gasteiger partial charge in [0.05, 0.1) is 11.5 Å². The molecule has 0 aliphatic heterocycles. The van der Waals surface area contributed by atoms with Gasteiger partial charge in [-0.1, -0.05) is 30.7 Å². The first-order valence-electron chi connectivity index (χ1n) is 7.47. The SMILES string of the molecule is CC1(C(O)CCCCC(=O)O)CCc2ccccc2C1=O. The molecule has 114 valence electrons. The zero-order chi connectivity index (χ0) is 15.5. The number of carboxylic acid groups (broad SMARTS) is 1. The van der Waals surface area contributed by atoms with Gasteiger partial charge < -0.3 is 10.2 Å². The number of hydrogen-bond donors (Lipinski definition) is 2. The first-order chi connectivity index (χ1) is 9.95. The second kappa shape index (κ2) is 6.39. The van der Waals surface area contributed by atoms with Crippen LogP contribution in [0, 0.1) is 5.41 Å². The Morgan fingerprint density at radius 2 is 2.05 bits per heavy atom. The Kier molecular flexibility index (Phi) is 4.78. The van der Waals surface area contributed by atoms with Crippen molar-refractivity contribution in [2.45, 2.75) is 51.6 Å². The van der Waals surface area contributed by atoms with Gasteiger partial charge in [-0.3, -0.25) is 9.59 Å². The number of Topliss-reactive ketones (excluding diaryl/α,β-unsaturated/α-hetero) is 1. The highest BCUT2D eigenvalue weighted by molar-refractivity contribution is 6.02. The molecule has 21 heavy (non-hydrogen) atoms. The minimum atomic E-state index is -0.821. The van der Waals surface area contributed by atoms with E-state index in [2.05, 4.69) is 0 Å². The summed E-state index contributed by atoms with van der Waals surface area (Å²) in [6.45, 7) is 1.83. The molecular weight excluding hydrogens is 268 g/mol. The zero-order valence-corrected chi connectivity index (χ0v) is 12.3. The highest BCUT2D eigenvalue weighted by atomic mass is 16.4. The van der Waals surface area contributed by atoms with Crippen molar-refractivity contribution in [2.24, 2.45) is 5.41 Å². The topological polar surface area (TPSA) is 74.6 Å². The molecule has 2 unspecified atom stereocenters.